The van der Waals surface area contributed by atoms with Gasteiger partial charge in [0.1, 0.15) is 0 Å². The highest BCUT2D eigenvalue weighted by Gasteiger charge is 2.06. The first-order valence-corrected chi connectivity index (χ1v) is 6.81. The number of amides is 1. The monoisotopic (exact) mass is 291 g/mol. The quantitative estimate of drug-likeness (QED) is 0.597. The predicted molar refractivity (Wildman–Crippen MR) is 81.3 cm³/mol. The predicted octanol–water partition coefficient (Wildman–Crippen LogP) is 2.25. The maximum atomic E-state index is 11.9. The van der Waals surface area contributed by atoms with Gasteiger partial charge in [0.2, 0.25) is 0 Å². The van der Waals surface area contributed by atoms with Gasteiger partial charge >= 0.3 is 5.97 Å². The van der Waals surface area contributed by atoms with Crippen LogP contribution in [0.25, 0.3) is 6.08 Å². The van der Waals surface area contributed by atoms with Crippen molar-refractivity contribution in [3.8, 4) is 0 Å². The van der Waals surface area contributed by atoms with Crippen molar-refractivity contribution >= 4 is 18.0 Å². The van der Waals surface area contributed by atoms with E-state index in [1.54, 1.807) is 18.2 Å². The van der Waals surface area contributed by atoms with Crippen LogP contribution in [0.5, 0.6) is 0 Å². The molecule has 0 aromatic heterocycles. The number of carbonyl (C=O) groups excluding carboxylic acids is 1. The number of hydrogen-bond acceptors (Lipinski definition) is 3. The molecule has 1 rings (SSSR count). The van der Waals surface area contributed by atoms with Crippen LogP contribution in [0.1, 0.15) is 35.3 Å². The van der Waals surface area contributed by atoms with Gasteiger partial charge < -0.3 is 15.2 Å². The van der Waals surface area contributed by atoms with E-state index in [0.29, 0.717) is 18.7 Å². The van der Waals surface area contributed by atoms with Gasteiger partial charge in [0.25, 0.3) is 5.91 Å². The highest BCUT2D eigenvalue weighted by atomic mass is 16.5. The van der Waals surface area contributed by atoms with E-state index in [1.165, 1.54) is 6.08 Å². The summed E-state index contributed by atoms with van der Waals surface area (Å²) in [5.74, 6) is -1.17. The molecule has 0 fully saturated rings. The maximum Gasteiger partial charge on any atom is 0.328 e. The second-order valence-electron chi connectivity index (χ2n) is 4.92. The van der Waals surface area contributed by atoms with Gasteiger partial charge in [-0.2, -0.15) is 0 Å². The Morgan fingerprint density at radius 3 is 2.67 bits per heavy atom. The smallest absolute Gasteiger partial charge is 0.328 e. The highest BCUT2D eigenvalue weighted by Crippen LogP contribution is 2.13. The average Bonchev–Trinajstić information content (AvgIpc) is 2.41. The number of carboxylic acid groups (broad SMARTS) is 1. The summed E-state index contributed by atoms with van der Waals surface area (Å²) in [4.78, 5) is 22.4. The third-order valence-corrected chi connectivity index (χ3v) is 2.78. The molecule has 0 saturated carbocycles. The fourth-order valence-electron chi connectivity index (χ4n) is 1.73. The summed E-state index contributed by atoms with van der Waals surface area (Å²) in [6.07, 6.45) is 2.73. The SMILES string of the molecule is Cc1cc(C(=O)NCCOC(C)C)ccc1/C=C/C(=O)O. The molecule has 0 atom stereocenters. The molecule has 0 aliphatic heterocycles. The van der Waals surface area contributed by atoms with Crippen LogP contribution >= 0.6 is 0 Å². The first kappa shape index (κ1) is 16.9. The Bertz CT molecular complexity index is 535. The van der Waals surface area contributed by atoms with Crippen molar-refractivity contribution in [2.75, 3.05) is 13.2 Å². The van der Waals surface area contributed by atoms with Gasteiger partial charge in [-0.3, -0.25) is 4.79 Å². The lowest BCUT2D eigenvalue weighted by Gasteiger charge is -2.09. The minimum Gasteiger partial charge on any atom is -0.478 e. The largest absolute Gasteiger partial charge is 0.478 e. The summed E-state index contributed by atoms with van der Waals surface area (Å²) in [5.41, 5.74) is 2.17. The van der Waals surface area contributed by atoms with Gasteiger partial charge in [-0.25, -0.2) is 4.79 Å². The molecule has 5 heteroatoms. The summed E-state index contributed by atoms with van der Waals surface area (Å²) in [6, 6.07) is 5.14. The topological polar surface area (TPSA) is 75.6 Å². The number of ether oxygens (including phenoxy) is 1. The minimum absolute atomic E-state index is 0.143. The molecule has 0 radical (unpaired) electrons. The molecule has 0 aliphatic rings. The molecule has 1 amide bonds. The molecule has 2 N–H and O–H groups in total. The van der Waals surface area contributed by atoms with Crippen LogP contribution in [-0.4, -0.2) is 36.2 Å². The van der Waals surface area contributed by atoms with Crippen molar-refractivity contribution in [1.82, 2.24) is 5.32 Å². The van der Waals surface area contributed by atoms with Crippen LogP contribution in [0.15, 0.2) is 24.3 Å². The van der Waals surface area contributed by atoms with E-state index in [-0.39, 0.29) is 12.0 Å². The third-order valence-electron chi connectivity index (χ3n) is 2.78. The van der Waals surface area contributed by atoms with Crippen LogP contribution < -0.4 is 5.32 Å². The first-order valence-electron chi connectivity index (χ1n) is 6.81. The summed E-state index contributed by atoms with van der Waals surface area (Å²) >= 11 is 0. The molecule has 0 saturated heterocycles. The number of aliphatic carboxylic acids is 1. The zero-order valence-electron chi connectivity index (χ0n) is 12.6. The maximum absolute atomic E-state index is 11.9. The Hall–Kier alpha value is -2.14. The molecule has 21 heavy (non-hydrogen) atoms. The number of rotatable bonds is 7. The van der Waals surface area contributed by atoms with E-state index in [4.69, 9.17) is 9.84 Å². The number of carbonyl (C=O) groups is 2. The first-order chi connectivity index (χ1) is 9.90. The highest BCUT2D eigenvalue weighted by molar-refractivity contribution is 5.95. The van der Waals surface area contributed by atoms with Gasteiger partial charge in [-0.1, -0.05) is 6.07 Å². The van der Waals surface area contributed by atoms with E-state index in [9.17, 15) is 9.59 Å². The lowest BCUT2D eigenvalue weighted by molar-refractivity contribution is -0.131. The van der Waals surface area contributed by atoms with Crippen LogP contribution in [0, 0.1) is 6.92 Å². The zero-order valence-corrected chi connectivity index (χ0v) is 12.6. The molecule has 114 valence electrons. The lowest BCUT2D eigenvalue weighted by Crippen LogP contribution is -2.28. The fourth-order valence-corrected chi connectivity index (χ4v) is 1.73. The Kier molecular flexibility index (Phi) is 6.62. The molecule has 5 nitrogen and oxygen atoms in total. The van der Waals surface area contributed by atoms with Crippen LogP contribution in [0.3, 0.4) is 0 Å². The van der Waals surface area contributed by atoms with E-state index >= 15 is 0 Å². The summed E-state index contributed by atoms with van der Waals surface area (Å²) in [5, 5.41) is 11.4. The van der Waals surface area contributed by atoms with Gasteiger partial charge in [0.05, 0.1) is 12.7 Å². The Balaban J connectivity index is 2.62. The second kappa shape index (κ2) is 8.21. The number of carboxylic acids is 1. The van der Waals surface area contributed by atoms with Gasteiger partial charge in [0.15, 0.2) is 0 Å². The lowest BCUT2D eigenvalue weighted by atomic mass is 10.0. The molecule has 0 unspecified atom stereocenters. The summed E-state index contributed by atoms with van der Waals surface area (Å²) in [7, 11) is 0. The molecule has 1 aromatic rings. The van der Waals surface area contributed by atoms with E-state index < -0.39 is 5.97 Å². The average molecular weight is 291 g/mol. The third kappa shape index (κ3) is 6.23. The van der Waals surface area contributed by atoms with Crippen molar-refractivity contribution in [3.05, 3.63) is 41.0 Å². The zero-order chi connectivity index (χ0) is 15.8. The van der Waals surface area contributed by atoms with Crippen LogP contribution in [-0.2, 0) is 9.53 Å². The van der Waals surface area contributed by atoms with E-state index in [0.717, 1.165) is 17.2 Å². The van der Waals surface area contributed by atoms with Gasteiger partial charge in [-0.05, 0) is 50.1 Å². The van der Waals surface area contributed by atoms with Gasteiger partial charge in [0, 0.05) is 18.2 Å². The fraction of sp³-hybridized carbons (Fsp3) is 0.375. The van der Waals surface area contributed by atoms with Crippen molar-refractivity contribution in [1.29, 1.82) is 0 Å². The minimum atomic E-state index is -0.999. The normalized spacial score (nSPS) is 11.0. The Morgan fingerprint density at radius 2 is 2.10 bits per heavy atom. The van der Waals surface area contributed by atoms with E-state index in [1.807, 2.05) is 20.8 Å². The molecule has 1 aromatic carbocycles. The number of benzene rings is 1. The van der Waals surface area contributed by atoms with E-state index in [2.05, 4.69) is 5.32 Å². The number of aryl methyl sites for hydroxylation is 1. The van der Waals surface area contributed by atoms with Crippen molar-refractivity contribution < 1.29 is 19.4 Å². The van der Waals surface area contributed by atoms with Crippen LogP contribution in [0.4, 0.5) is 0 Å². The standard InChI is InChI=1S/C16H21NO4/c1-11(2)21-9-8-17-16(20)14-5-4-13(12(3)10-14)6-7-15(18)19/h4-7,10-11H,8-9H2,1-3H3,(H,17,20)(H,18,19)/b7-6+. The molecule has 0 heterocycles. The van der Waals surface area contributed by atoms with Crippen molar-refractivity contribution in [3.63, 3.8) is 0 Å². The molecular weight excluding hydrogens is 270 g/mol. The summed E-state index contributed by atoms with van der Waals surface area (Å²) < 4.78 is 5.35. The molecule has 0 bridgehead atoms. The van der Waals surface area contributed by atoms with Crippen molar-refractivity contribution in [2.24, 2.45) is 0 Å². The molecular formula is C16H21NO4. The number of nitrogens with one attached hydrogen (secondary N) is 1. The number of hydrogen-bond donors (Lipinski definition) is 2. The second-order valence-corrected chi connectivity index (χ2v) is 4.92. The Labute approximate surface area is 124 Å². The van der Waals surface area contributed by atoms with Gasteiger partial charge in [-0.15, -0.1) is 0 Å². The van der Waals surface area contributed by atoms with Crippen LogP contribution in [0.2, 0.25) is 0 Å². The summed E-state index contributed by atoms with van der Waals surface area (Å²) in [6.45, 7) is 6.64. The Morgan fingerprint density at radius 1 is 1.38 bits per heavy atom. The molecule has 0 spiro atoms. The van der Waals surface area contributed by atoms with Crippen molar-refractivity contribution in [2.45, 2.75) is 26.9 Å². The molecule has 0 aliphatic carbocycles.